The van der Waals surface area contributed by atoms with Crippen molar-refractivity contribution in [2.75, 3.05) is 43.5 Å². The second-order valence-electron chi connectivity index (χ2n) is 7.77. The molecular weight excluding hydrogens is 448 g/mol. The average molecular weight is 475 g/mol. The normalized spacial score (nSPS) is 13.7. The molecule has 0 spiro atoms. The molecule has 2 N–H and O–H groups in total. The number of benzene rings is 2. The molecule has 2 aromatic carbocycles. The van der Waals surface area contributed by atoms with E-state index in [9.17, 15) is 9.59 Å². The summed E-state index contributed by atoms with van der Waals surface area (Å²) in [6, 6.07) is 12.6. The van der Waals surface area contributed by atoms with Crippen molar-refractivity contribution in [3.63, 3.8) is 0 Å². The van der Waals surface area contributed by atoms with Gasteiger partial charge in [-0.3, -0.25) is 14.9 Å². The molecule has 2 amide bonds. The third kappa shape index (κ3) is 5.89. The fourth-order valence-electron chi connectivity index (χ4n) is 3.45. The predicted molar refractivity (Wildman–Crippen MR) is 132 cm³/mol. The molecule has 1 heterocycles. The van der Waals surface area contributed by atoms with Crippen molar-refractivity contribution < 1.29 is 14.3 Å². The Labute approximate surface area is 198 Å². The van der Waals surface area contributed by atoms with E-state index in [0.717, 1.165) is 37.6 Å². The van der Waals surface area contributed by atoms with Gasteiger partial charge in [-0.2, -0.15) is 0 Å². The second kappa shape index (κ2) is 10.7. The maximum atomic E-state index is 12.4. The summed E-state index contributed by atoms with van der Waals surface area (Å²) in [5.74, 6) is 0.365. The van der Waals surface area contributed by atoms with Crippen LogP contribution >= 0.6 is 23.8 Å². The number of anilines is 2. The Morgan fingerprint density at radius 2 is 1.72 bits per heavy atom. The van der Waals surface area contributed by atoms with Crippen molar-refractivity contribution in [1.82, 2.24) is 10.2 Å². The molecule has 0 radical (unpaired) electrons. The molecule has 0 saturated carbocycles. The van der Waals surface area contributed by atoms with E-state index in [2.05, 4.69) is 15.5 Å². The molecule has 1 aliphatic heterocycles. The summed E-state index contributed by atoms with van der Waals surface area (Å²) >= 11 is 11.3. The van der Waals surface area contributed by atoms with Crippen LogP contribution < -0.4 is 20.3 Å². The number of methoxy groups -OCH3 is 1. The van der Waals surface area contributed by atoms with Crippen molar-refractivity contribution in [3.8, 4) is 5.75 Å². The first-order valence-corrected chi connectivity index (χ1v) is 11.2. The Bertz CT molecular complexity index is 989. The molecule has 0 aromatic heterocycles. The van der Waals surface area contributed by atoms with Gasteiger partial charge in [-0.05, 0) is 54.7 Å². The summed E-state index contributed by atoms with van der Waals surface area (Å²) < 4.78 is 5.10. The van der Waals surface area contributed by atoms with Crippen LogP contribution in [0.1, 0.15) is 24.2 Å². The van der Waals surface area contributed by atoms with Gasteiger partial charge in [0.25, 0.3) is 5.91 Å². The van der Waals surface area contributed by atoms with Gasteiger partial charge in [-0.15, -0.1) is 0 Å². The molecule has 1 fully saturated rings. The van der Waals surface area contributed by atoms with E-state index in [1.54, 1.807) is 12.1 Å². The molecule has 7 nitrogen and oxygen atoms in total. The van der Waals surface area contributed by atoms with Crippen molar-refractivity contribution in [2.24, 2.45) is 5.92 Å². The number of carbonyl (C=O) groups is 2. The van der Waals surface area contributed by atoms with E-state index in [0.29, 0.717) is 16.3 Å². The number of thiocarbonyl (C=S) groups is 1. The van der Waals surface area contributed by atoms with Gasteiger partial charge in [0.2, 0.25) is 5.91 Å². The van der Waals surface area contributed by atoms with E-state index in [1.807, 2.05) is 43.0 Å². The monoisotopic (exact) mass is 474 g/mol. The number of hydrogen-bond acceptors (Lipinski definition) is 5. The maximum Gasteiger partial charge on any atom is 0.257 e. The van der Waals surface area contributed by atoms with Crippen LogP contribution in [0, 0.1) is 5.92 Å². The summed E-state index contributed by atoms with van der Waals surface area (Å²) in [5.41, 5.74) is 2.22. The van der Waals surface area contributed by atoms with Gasteiger partial charge in [-0.1, -0.05) is 25.4 Å². The van der Waals surface area contributed by atoms with Crippen LogP contribution in [-0.2, 0) is 4.79 Å². The number of nitrogens with one attached hydrogen (secondary N) is 2. The Balaban J connectivity index is 1.52. The molecule has 9 heteroatoms. The van der Waals surface area contributed by atoms with Crippen LogP contribution in [0.4, 0.5) is 11.4 Å². The molecule has 0 bridgehead atoms. The predicted octanol–water partition coefficient (Wildman–Crippen LogP) is 3.78. The number of piperazine rings is 1. The van der Waals surface area contributed by atoms with Crippen molar-refractivity contribution in [3.05, 3.63) is 53.1 Å². The zero-order valence-electron chi connectivity index (χ0n) is 18.4. The Morgan fingerprint density at radius 1 is 1.06 bits per heavy atom. The van der Waals surface area contributed by atoms with Crippen LogP contribution in [-0.4, -0.2) is 55.1 Å². The Morgan fingerprint density at radius 3 is 2.28 bits per heavy atom. The molecule has 2 aromatic rings. The zero-order chi connectivity index (χ0) is 23.3. The molecule has 1 saturated heterocycles. The lowest BCUT2D eigenvalue weighted by Crippen LogP contribution is -2.49. The molecule has 0 atom stereocenters. The minimum atomic E-state index is -0.363. The second-order valence-corrected chi connectivity index (χ2v) is 8.59. The number of hydrogen-bond donors (Lipinski definition) is 2. The van der Waals surface area contributed by atoms with Crippen LogP contribution in [0.3, 0.4) is 0 Å². The number of halogens is 1. The molecule has 3 rings (SSSR count). The summed E-state index contributed by atoms with van der Waals surface area (Å²) in [5, 5.41) is 6.20. The number of ether oxygens (including phenoxy) is 1. The molecule has 0 unspecified atom stereocenters. The van der Waals surface area contributed by atoms with E-state index < -0.39 is 0 Å². The minimum absolute atomic E-state index is 0.0259. The highest BCUT2D eigenvalue weighted by Crippen LogP contribution is 2.25. The van der Waals surface area contributed by atoms with E-state index in [-0.39, 0.29) is 22.8 Å². The van der Waals surface area contributed by atoms with Gasteiger partial charge >= 0.3 is 0 Å². The van der Waals surface area contributed by atoms with Crippen molar-refractivity contribution >= 4 is 52.1 Å². The highest BCUT2D eigenvalue weighted by molar-refractivity contribution is 7.80. The third-order valence-electron chi connectivity index (χ3n) is 5.22. The molecule has 1 aliphatic rings. The maximum absolute atomic E-state index is 12.4. The first-order valence-electron chi connectivity index (χ1n) is 10.4. The standard InChI is InChI=1S/C23H27ClN4O3S/c1-15(2)22(30)28-12-10-27(11-13-28)18-7-5-17(6-8-18)25-23(32)26-21(29)16-4-9-20(31-3)19(24)14-16/h4-9,14-15H,10-13H2,1-3H3,(H2,25,26,29,32). The van der Waals surface area contributed by atoms with Gasteiger partial charge in [0, 0.05) is 49.0 Å². The number of rotatable bonds is 5. The molecule has 0 aliphatic carbocycles. The van der Waals surface area contributed by atoms with Gasteiger partial charge in [0.05, 0.1) is 12.1 Å². The van der Waals surface area contributed by atoms with Crippen LogP contribution in [0.2, 0.25) is 5.02 Å². The van der Waals surface area contributed by atoms with Gasteiger partial charge in [0.1, 0.15) is 5.75 Å². The van der Waals surface area contributed by atoms with Crippen LogP contribution in [0.15, 0.2) is 42.5 Å². The lowest BCUT2D eigenvalue weighted by molar-refractivity contribution is -0.134. The Kier molecular flexibility index (Phi) is 7.93. The summed E-state index contributed by atoms with van der Waals surface area (Å²) in [6.45, 7) is 6.90. The first-order chi connectivity index (χ1) is 15.3. The van der Waals surface area contributed by atoms with Crippen LogP contribution in [0.25, 0.3) is 0 Å². The number of carbonyl (C=O) groups excluding carboxylic acids is 2. The largest absolute Gasteiger partial charge is 0.495 e. The smallest absolute Gasteiger partial charge is 0.257 e. The molecule has 32 heavy (non-hydrogen) atoms. The van der Waals surface area contributed by atoms with E-state index >= 15 is 0 Å². The van der Waals surface area contributed by atoms with Crippen molar-refractivity contribution in [1.29, 1.82) is 0 Å². The highest BCUT2D eigenvalue weighted by Gasteiger charge is 2.23. The third-order valence-corrected chi connectivity index (χ3v) is 5.72. The average Bonchev–Trinajstić information content (AvgIpc) is 2.79. The quantitative estimate of drug-likeness (QED) is 0.642. The van der Waals surface area contributed by atoms with E-state index in [4.69, 9.17) is 28.6 Å². The Hall–Kier alpha value is -2.84. The first kappa shape index (κ1) is 23.8. The highest BCUT2D eigenvalue weighted by atomic mass is 35.5. The van der Waals surface area contributed by atoms with Gasteiger partial charge in [-0.25, -0.2) is 0 Å². The fraction of sp³-hybridized carbons (Fsp3) is 0.348. The van der Waals surface area contributed by atoms with Gasteiger partial charge in [0.15, 0.2) is 5.11 Å². The number of nitrogens with zero attached hydrogens (tertiary/aromatic N) is 2. The summed E-state index contributed by atoms with van der Waals surface area (Å²) in [7, 11) is 1.51. The minimum Gasteiger partial charge on any atom is -0.495 e. The van der Waals surface area contributed by atoms with E-state index in [1.165, 1.54) is 13.2 Å². The SMILES string of the molecule is COc1ccc(C(=O)NC(=S)Nc2ccc(N3CCN(C(=O)C(C)C)CC3)cc2)cc1Cl. The van der Waals surface area contributed by atoms with Crippen LogP contribution in [0.5, 0.6) is 5.75 Å². The lowest BCUT2D eigenvalue weighted by Gasteiger charge is -2.37. The summed E-state index contributed by atoms with van der Waals surface area (Å²) in [4.78, 5) is 28.7. The lowest BCUT2D eigenvalue weighted by atomic mass is 10.1. The summed E-state index contributed by atoms with van der Waals surface area (Å²) in [6.07, 6.45) is 0. The fourth-order valence-corrected chi connectivity index (χ4v) is 3.92. The number of amides is 2. The molecule has 170 valence electrons. The molecular formula is C23H27ClN4O3S. The zero-order valence-corrected chi connectivity index (χ0v) is 19.9. The van der Waals surface area contributed by atoms with Crippen molar-refractivity contribution in [2.45, 2.75) is 13.8 Å². The van der Waals surface area contributed by atoms with Gasteiger partial charge < -0.3 is 19.9 Å². The topological polar surface area (TPSA) is 73.9 Å².